The molecule has 0 radical (unpaired) electrons. The highest BCUT2D eigenvalue weighted by molar-refractivity contribution is 5.94. The Labute approximate surface area is 175 Å². The highest BCUT2D eigenvalue weighted by atomic mass is 16.5. The van der Waals surface area contributed by atoms with Crippen molar-refractivity contribution in [3.63, 3.8) is 0 Å². The van der Waals surface area contributed by atoms with Crippen LogP contribution in [0.15, 0.2) is 78.9 Å². The zero-order valence-electron chi connectivity index (χ0n) is 16.8. The molecule has 1 N–H and O–H groups in total. The molecule has 2 atom stereocenters. The molecule has 1 amide bonds. The van der Waals surface area contributed by atoms with Gasteiger partial charge in [-0.15, -0.1) is 0 Å². The second-order valence-corrected chi connectivity index (χ2v) is 8.09. The van der Waals surface area contributed by atoms with Crippen LogP contribution in [-0.4, -0.2) is 25.0 Å². The lowest BCUT2D eigenvalue weighted by Gasteiger charge is -2.19. The standard InChI is InChI=1S/C26H23NO3/c1-30-25(29)23(15-17-9-3-2-4-10-17)27-24(28)22-16-26(22)20-13-7-5-11-18(20)19-12-6-8-14-21(19)26/h2-14,22-23H,15-16H2,1H3,(H,27,28). The molecule has 2 unspecified atom stereocenters. The topological polar surface area (TPSA) is 55.4 Å². The number of carbonyl (C=O) groups is 2. The van der Waals surface area contributed by atoms with Gasteiger partial charge in [-0.25, -0.2) is 4.79 Å². The number of fused-ring (bicyclic) bond motifs is 5. The fraction of sp³-hybridized carbons (Fsp3) is 0.231. The molecule has 0 aromatic heterocycles. The number of hydrogen-bond donors (Lipinski definition) is 1. The number of amides is 1. The van der Waals surface area contributed by atoms with Gasteiger partial charge in [-0.1, -0.05) is 78.9 Å². The molecule has 1 saturated carbocycles. The molecule has 3 aromatic carbocycles. The Bertz CT molecular complexity index is 1080. The average Bonchev–Trinajstić information content (AvgIpc) is 3.49. The lowest BCUT2D eigenvalue weighted by atomic mass is 9.90. The van der Waals surface area contributed by atoms with E-state index in [-0.39, 0.29) is 17.2 Å². The van der Waals surface area contributed by atoms with Crippen molar-refractivity contribution in [2.45, 2.75) is 24.3 Å². The first-order chi connectivity index (χ1) is 14.6. The maximum Gasteiger partial charge on any atom is 0.328 e. The highest BCUT2D eigenvalue weighted by Gasteiger charge is 2.64. The summed E-state index contributed by atoms with van der Waals surface area (Å²) < 4.78 is 4.96. The summed E-state index contributed by atoms with van der Waals surface area (Å²) in [6, 6.07) is 25.6. The predicted molar refractivity (Wildman–Crippen MR) is 115 cm³/mol. The van der Waals surface area contributed by atoms with Gasteiger partial charge in [-0.3, -0.25) is 4.79 Å². The number of ether oxygens (including phenoxy) is 1. The van der Waals surface area contributed by atoms with E-state index < -0.39 is 12.0 Å². The third-order valence-corrected chi connectivity index (χ3v) is 6.47. The number of rotatable bonds is 5. The number of benzene rings is 3. The summed E-state index contributed by atoms with van der Waals surface area (Å²) in [6.45, 7) is 0. The Balaban J connectivity index is 1.42. The first kappa shape index (κ1) is 18.6. The van der Waals surface area contributed by atoms with Crippen LogP contribution >= 0.6 is 0 Å². The maximum absolute atomic E-state index is 13.3. The summed E-state index contributed by atoms with van der Waals surface area (Å²) in [5.74, 6) is -0.702. The van der Waals surface area contributed by atoms with Crippen LogP contribution in [-0.2, 0) is 26.2 Å². The Morgan fingerprint density at radius 2 is 1.50 bits per heavy atom. The molecule has 1 spiro atoms. The zero-order chi connectivity index (χ0) is 20.7. The summed E-state index contributed by atoms with van der Waals surface area (Å²) in [4.78, 5) is 25.7. The first-order valence-electron chi connectivity index (χ1n) is 10.3. The van der Waals surface area contributed by atoms with Crippen LogP contribution in [0.5, 0.6) is 0 Å². The van der Waals surface area contributed by atoms with E-state index in [1.807, 2.05) is 54.6 Å². The van der Waals surface area contributed by atoms with E-state index in [0.717, 1.165) is 12.0 Å². The van der Waals surface area contributed by atoms with E-state index in [0.29, 0.717) is 6.42 Å². The van der Waals surface area contributed by atoms with E-state index in [1.165, 1.54) is 29.4 Å². The number of carbonyl (C=O) groups excluding carboxylic acids is 2. The van der Waals surface area contributed by atoms with Gasteiger partial charge in [-0.2, -0.15) is 0 Å². The molecule has 4 nitrogen and oxygen atoms in total. The minimum Gasteiger partial charge on any atom is -0.467 e. The van der Waals surface area contributed by atoms with E-state index in [9.17, 15) is 9.59 Å². The Morgan fingerprint density at radius 3 is 2.10 bits per heavy atom. The molecule has 0 bridgehead atoms. The lowest BCUT2D eigenvalue weighted by Crippen LogP contribution is -2.44. The molecule has 2 aliphatic carbocycles. The average molecular weight is 397 g/mol. The van der Waals surface area contributed by atoms with Crippen molar-refractivity contribution in [2.75, 3.05) is 7.11 Å². The van der Waals surface area contributed by atoms with Crippen LogP contribution in [0.4, 0.5) is 0 Å². The van der Waals surface area contributed by atoms with Gasteiger partial charge in [0.15, 0.2) is 0 Å². The smallest absolute Gasteiger partial charge is 0.328 e. The molecule has 3 aromatic rings. The number of methoxy groups -OCH3 is 1. The molecule has 2 aliphatic rings. The van der Waals surface area contributed by atoms with Gasteiger partial charge in [0.2, 0.25) is 5.91 Å². The molecule has 1 fully saturated rings. The monoisotopic (exact) mass is 397 g/mol. The molecule has 4 heteroatoms. The molecule has 5 rings (SSSR count). The van der Waals surface area contributed by atoms with Gasteiger partial charge >= 0.3 is 5.97 Å². The minimum absolute atomic E-state index is 0.0900. The van der Waals surface area contributed by atoms with Crippen molar-refractivity contribution >= 4 is 11.9 Å². The highest BCUT2D eigenvalue weighted by Crippen LogP contribution is 2.66. The molecular weight excluding hydrogens is 374 g/mol. The molecule has 30 heavy (non-hydrogen) atoms. The van der Waals surface area contributed by atoms with E-state index in [2.05, 4.69) is 29.6 Å². The van der Waals surface area contributed by atoms with Gasteiger partial charge in [0.1, 0.15) is 6.04 Å². The molecule has 150 valence electrons. The van der Waals surface area contributed by atoms with Crippen molar-refractivity contribution in [3.05, 3.63) is 95.6 Å². The zero-order valence-corrected chi connectivity index (χ0v) is 16.8. The van der Waals surface area contributed by atoms with Crippen LogP contribution in [0.25, 0.3) is 11.1 Å². The Hall–Kier alpha value is -3.40. The van der Waals surface area contributed by atoms with E-state index in [1.54, 1.807) is 0 Å². The quantitative estimate of drug-likeness (QED) is 0.665. The third kappa shape index (κ3) is 2.83. The molecular formula is C26H23NO3. The molecule has 0 aliphatic heterocycles. The summed E-state index contributed by atoms with van der Waals surface area (Å²) in [6.07, 6.45) is 1.16. The van der Waals surface area contributed by atoms with Crippen molar-refractivity contribution in [1.82, 2.24) is 5.32 Å². The second kappa shape index (κ2) is 7.13. The van der Waals surface area contributed by atoms with Gasteiger partial charge in [0.25, 0.3) is 0 Å². The summed E-state index contributed by atoms with van der Waals surface area (Å²) in [7, 11) is 1.36. The number of esters is 1. The van der Waals surface area contributed by atoms with Crippen LogP contribution in [0, 0.1) is 5.92 Å². The van der Waals surface area contributed by atoms with Gasteiger partial charge in [0, 0.05) is 11.8 Å². The van der Waals surface area contributed by atoms with E-state index in [4.69, 9.17) is 4.74 Å². The fourth-order valence-corrected chi connectivity index (χ4v) is 4.99. The van der Waals surface area contributed by atoms with Crippen molar-refractivity contribution < 1.29 is 14.3 Å². The Morgan fingerprint density at radius 1 is 0.933 bits per heavy atom. The second-order valence-electron chi connectivity index (χ2n) is 8.09. The van der Waals surface area contributed by atoms with E-state index >= 15 is 0 Å². The normalized spacial score (nSPS) is 18.2. The van der Waals surface area contributed by atoms with Crippen molar-refractivity contribution in [1.29, 1.82) is 0 Å². The maximum atomic E-state index is 13.3. The lowest BCUT2D eigenvalue weighted by molar-refractivity contribution is -0.145. The number of nitrogens with one attached hydrogen (secondary N) is 1. The van der Waals surface area contributed by atoms with Crippen LogP contribution < -0.4 is 5.32 Å². The Kier molecular flexibility index (Phi) is 4.43. The molecule has 0 saturated heterocycles. The van der Waals surface area contributed by atoms with Crippen molar-refractivity contribution in [3.8, 4) is 11.1 Å². The van der Waals surface area contributed by atoms with Crippen LogP contribution in [0.2, 0.25) is 0 Å². The molecule has 0 heterocycles. The predicted octanol–water partition coefficient (Wildman–Crippen LogP) is 3.87. The minimum atomic E-state index is -0.700. The first-order valence-corrected chi connectivity index (χ1v) is 10.3. The van der Waals surface area contributed by atoms with Gasteiger partial charge in [0.05, 0.1) is 13.0 Å². The van der Waals surface area contributed by atoms with Gasteiger partial charge in [-0.05, 0) is 34.2 Å². The summed E-state index contributed by atoms with van der Waals surface area (Å²) in [5.41, 5.74) is 5.53. The van der Waals surface area contributed by atoms with Crippen molar-refractivity contribution in [2.24, 2.45) is 5.92 Å². The summed E-state index contributed by atoms with van der Waals surface area (Å²) in [5, 5.41) is 2.98. The fourth-order valence-electron chi connectivity index (χ4n) is 4.99. The number of hydrogen-bond acceptors (Lipinski definition) is 3. The third-order valence-electron chi connectivity index (χ3n) is 6.47. The largest absolute Gasteiger partial charge is 0.467 e. The van der Waals surface area contributed by atoms with Crippen LogP contribution in [0.1, 0.15) is 23.1 Å². The van der Waals surface area contributed by atoms with Crippen LogP contribution in [0.3, 0.4) is 0 Å². The summed E-state index contributed by atoms with van der Waals surface area (Å²) >= 11 is 0. The SMILES string of the molecule is COC(=O)C(Cc1ccccc1)NC(=O)C1CC12c1ccccc1-c1ccccc12. The van der Waals surface area contributed by atoms with Gasteiger partial charge < -0.3 is 10.1 Å².